The van der Waals surface area contributed by atoms with Gasteiger partial charge in [0.15, 0.2) is 5.75 Å². The second-order valence-corrected chi connectivity index (χ2v) is 4.09. The summed E-state index contributed by atoms with van der Waals surface area (Å²) in [6.45, 7) is -2.98. The van der Waals surface area contributed by atoms with Gasteiger partial charge >= 0.3 is 6.61 Å². The molecule has 0 aliphatic carbocycles. The van der Waals surface area contributed by atoms with Crippen LogP contribution in [-0.4, -0.2) is 12.7 Å². The Morgan fingerprint density at radius 1 is 1.40 bits per heavy atom. The van der Waals surface area contributed by atoms with Crippen molar-refractivity contribution in [1.82, 2.24) is 0 Å². The zero-order valence-corrected chi connectivity index (χ0v) is 10.2. The molecule has 80 valence electrons. The summed E-state index contributed by atoms with van der Waals surface area (Å²) in [5.74, 6) is -0.199. The average Bonchev–Trinajstić information content (AvgIpc) is 2.10. The molecule has 0 spiro atoms. The number of rotatable bonds is 3. The highest BCUT2D eigenvalue weighted by Crippen LogP contribution is 2.38. The maximum Gasteiger partial charge on any atom is 0.387 e. The Morgan fingerprint density at radius 3 is 2.60 bits per heavy atom. The molecule has 1 aromatic carbocycles. The van der Waals surface area contributed by atoms with E-state index in [1.807, 2.05) is 0 Å². The monoisotopic (exact) mass is 341 g/mol. The Morgan fingerprint density at radius 2 is 2.07 bits per heavy atom. The Balaban J connectivity index is 3.26. The molecule has 0 bridgehead atoms. The largest absolute Gasteiger partial charge is 0.432 e. The Bertz CT molecular complexity index is 419. The molecule has 0 fully saturated rings. The SMILES string of the molecule is O=C=Nc1c(Br)cc(Br)cc1OC(F)F. The van der Waals surface area contributed by atoms with Crippen LogP contribution in [0.4, 0.5) is 14.5 Å². The number of halogens is 4. The van der Waals surface area contributed by atoms with Crippen molar-refractivity contribution in [3.8, 4) is 5.75 Å². The lowest BCUT2D eigenvalue weighted by Gasteiger charge is -2.08. The molecule has 15 heavy (non-hydrogen) atoms. The molecule has 1 rings (SSSR count). The van der Waals surface area contributed by atoms with Crippen LogP contribution >= 0.6 is 31.9 Å². The maximum atomic E-state index is 12.0. The van der Waals surface area contributed by atoms with Crippen molar-refractivity contribution in [2.24, 2.45) is 4.99 Å². The summed E-state index contributed by atoms with van der Waals surface area (Å²) in [5, 5.41) is 0. The van der Waals surface area contributed by atoms with E-state index in [2.05, 4.69) is 41.6 Å². The smallest absolute Gasteiger partial charge is 0.387 e. The molecular weight excluding hydrogens is 340 g/mol. The Labute approximate surface area is 100 Å². The molecule has 0 aliphatic rings. The fourth-order valence-corrected chi connectivity index (χ4v) is 2.16. The van der Waals surface area contributed by atoms with Gasteiger partial charge in [0.05, 0.1) is 0 Å². The van der Waals surface area contributed by atoms with Gasteiger partial charge in [0.1, 0.15) is 5.69 Å². The summed E-state index contributed by atoms with van der Waals surface area (Å²) in [6, 6.07) is 2.83. The average molecular weight is 343 g/mol. The third-order valence-electron chi connectivity index (χ3n) is 1.37. The minimum Gasteiger partial charge on any atom is -0.432 e. The fraction of sp³-hybridized carbons (Fsp3) is 0.125. The molecule has 1 aromatic rings. The molecule has 3 nitrogen and oxygen atoms in total. The number of isocyanates is 1. The number of aliphatic imine (C=N–C) groups is 1. The molecule has 0 saturated carbocycles. The first kappa shape index (κ1) is 12.3. The van der Waals surface area contributed by atoms with Crippen LogP contribution in [0, 0.1) is 0 Å². The van der Waals surface area contributed by atoms with Crippen LogP contribution in [0.15, 0.2) is 26.1 Å². The lowest BCUT2D eigenvalue weighted by Crippen LogP contribution is -2.02. The van der Waals surface area contributed by atoms with E-state index in [4.69, 9.17) is 0 Å². The molecule has 0 amide bonds. The molecule has 0 aliphatic heterocycles. The Kier molecular flexibility index (Phi) is 4.38. The Hall–Kier alpha value is -0.780. The van der Waals surface area contributed by atoms with Crippen molar-refractivity contribution in [1.29, 1.82) is 0 Å². The van der Waals surface area contributed by atoms with Gasteiger partial charge in [-0.3, -0.25) is 0 Å². The van der Waals surface area contributed by atoms with E-state index in [1.165, 1.54) is 12.1 Å². The van der Waals surface area contributed by atoms with Crippen molar-refractivity contribution in [3.63, 3.8) is 0 Å². The number of nitrogens with zero attached hydrogens (tertiary/aromatic N) is 1. The van der Waals surface area contributed by atoms with Crippen LogP contribution in [0.2, 0.25) is 0 Å². The van der Waals surface area contributed by atoms with Gasteiger partial charge < -0.3 is 4.74 Å². The van der Waals surface area contributed by atoms with Crippen LogP contribution < -0.4 is 4.74 Å². The van der Waals surface area contributed by atoms with E-state index in [0.717, 1.165) is 0 Å². The van der Waals surface area contributed by atoms with Gasteiger partial charge in [0.25, 0.3) is 0 Å². The molecule has 0 radical (unpaired) electrons. The molecule has 0 saturated heterocycles. The van der Waals surface area contributed by atoms with E-state index in [9.17, 15) is 13.6 Å². The predicted molar refractivity (Wildman–Crippen MR) is 56.3 cm³/mol. The van der Waals surface area contributed by atoms with Crippen molar-refractivity contribution >= 4 is 43.6 Å². The van der Waals surface area contributed by atoms with E-state index in [-0.39, 0.29) is 11.4 Å². The third kappa shape index (κ3) is 3.37. The topological polar surface area (TPSA) is 38.7 Å². The summed E-state index contributed by atoms with van der Waals surface area (Å²) in [5.41, 5.74) is -0.0199. The zero-order valence-electron chi connectivity index (χ0n) is 7.01. The lowest BCUT2D eigenvalue weighted by molar-refractivity contribution is -0.0495. The summed E-state index contributed by atoms with van der Waals surface area (Å²) >= 11 is 6.15. The molecular formula is C8H3Br2F2NO2. The normalized spacial score (nSPS) is 9.93. The minimum atomic E-state index is -2.98. The van der Waals surface area contributed by atoms with E-state index in [1.54, 1.807) is 6.07 Å². The van der Waals surface area contributed by atoms with Crippen LogP contribution in [0.1, 0.15) is 0 Å². The van der Waals surface area contributed by atoms with E-state index < -0.39 is 6.61 Å². The second kappa shape index (κ2) is 5.34. The van der Waals surface area contributed by atoms with Gasteiger partial charge in [-0.15, -0.1) is 0 Å². The summed E-state index contributed by atoms with van der Waals surface area (Å²) < 4.78 is 29.1. The van der Waals surface area contributed by atoms with Crippen molar-refractivity contribution < 1.29 is 18.3 Å². The van der Waals surface area contributed by atoms with Crippen LogP contribution in [-0.2, 0) is 4.79 Å². The first-order chi connectivity index (χ1) is 7.04. The highest BCUT2D eigenvalue weighted by atomic mass is 79.9. The van der Waals surface area contributed by atoms with Gasteiger partial charge in [-0.2, -0.15) is 13.8 Å². The van der Waals surface area contributed by atoms with Crippen molar-refractivity contribution in [3.05, 3.63) is 21.1 Å². The molecule has 0 atom stereocenters. The zero-order chi connectivity index (χ0) is 11.4. The van der Waals surface area contributed by atoms with Gasteiger partial charge in [-0.1, -0.05) is 15.9 Å². The number of benzene rings is 1. The summed E-state index contributed by atoms with van der Waals surface area (Å²) in [7, 11) is 0. The minimum absolute atomic E-state index is 0.0199. The molecule has 0 heterocycles. The summed E-state index contributed by atoms with van der Waals surface area (Å²) in [6.07, 6.45) is 1.26. The first-order valence-corrected chi connectivity index (χ1v) is 5.15. The van der Waals surface area contributed by atoms with Gasteiger partial charge in [0.2, 0.25) is 6.08 Å². The number of ether oxygens (including phenoxy) is 1. The van der Waals surface area contributed by atoms with Crippen LogP contribution in [0.5, 0.6) is 5.75 Å². The molecule has 0 aromatic heterocycles. The number of hydrogen-bond acceptors (Lipinski definition) is 3. The molecule has 0 N–H and O–H groups in total. The molecule has 7 heteroatoms. The lowest BCUT2D eigenvalue weighted by atomic mass is 10.3. The highest BCUT2D eigenvalue weighted by molar-refractivity contribution is 9.11. The quantitative estimate of drug-likeness (QED) is 0.619. The van der Waals surface area contributed by atoms with Crippen molar-refractivity contribution in [2.45, 2.75) is 6.61 Å². The van der Waals surface area contributed by atoms with Gasteiger partial charge in [0, 0.05) is 8.95 Å². The first-order valence-electron chi connectivity index (χ1n) is 3.56. The number of alkyl halides is 2. The third-order valence-corrected chi connectivity index (χ3v) is 2.43. The second-order valence-electron chi connectivity index (χ2n) is 2.32. The maximum absolute atomic E-state index is 12.0. The predicted octanol–water partition coefficient (Wildman–Crippen LogP) is 3.78. The van der Waals surface area contributed by atoms with Crippen molar-refractivity contribution in [2.75, 3.05) is 0 Å². The summed E-state index contributed by atoms with van der Waals surface area (Å²) in [4.78, 5) is 13.4. The highest BCUT2D eigenvalue weighted by Gasteiger charge is 2.13. The molecule has 0 unspecified atom stereocenters. The standard InChI is InChI=1S/C8H3Br2F2NO2/c9-4-1-5(10)7(13-3-14)6(2-4)15-8(11)12/h1-2,8H. The number of carbonyl (C=O) groups excluding carboxylic acids is 1. The van der Waals surface area contributed by atoms with Gasteiger partial charge in [-0.05, 0) is 28.1 Å². The van der Waals surface area contributed by atoms with Crippen LogP contribution in [0.25, 0.3) is 0 Å². The van der Waals surface area contributed by atoms with E-state index in [0.29, 0.717) is 8.95 Å². The van der Waals surface area contributed by atoms with Crippen LogP contribution in [0.3, 0.4) is 0 Å². The number of hydrogen-bond donors (Lipinski definition) is 0. The van der Waals surface area contributed by atoms with E-state index >= 15 is 0 Å². The fourth-order valence-electron chi connectivity index (χ4n) is 0.882. The van der Waals surface area contributed by atoms with Gasteiger partial charge in [-0.25, -0.2) is 4.79 Å².